The van der Waals surface area contributed by atoms with Crippen molar-refractivity contribution >= 4 is 17.3 Å². The van der Waals surface area contributed by atoms with E-state index in [-0.39, 0.29) is 0 Å². The predicted molar refractivity (Wildman–Crippen MR) is 75.9 cm³/mol. The molecule has 1 aromatic rings. The summed E-state index contributed by atoms with van der Waals surface area (Å²) in [7, 11) is 0. The fourth-order valence-electron chi connectivity index (χ4n) is 2.49. The van der Waals surface area contributed by atoms with Crippen molar-refractivity contribution in [3.63, 3.8) is 0 Å². The highest BCUT2D eigenvalue weighted by Crippen LogP contribution is 2.24. The fourth-order valence-corrected chi connectivity index (χ4v) is 3.37. The van der Waals surface area contributed by atoms with Gasteiger partial charge in [-0.1, -0.05) is 0 Å². The number of carboxylic acids is 1. The Morgan fingerprint density at radius 3 is 2.74 bits per heavy atom. The van der Waals surface area contributed by atoms with E-state index in [1.165, 1.54) is 11.3 Å². The Balaban J connectivity index is 1.90. The van der Waals surface area contributed by atoms with Crippen LogP contribution in [0.25, 0.3) is 0 Å². The van der Waals surface area contributed by atoms with Crippen LogP contribution in [0.15, 0.2) is 6.07 Å². The number of likely N-dealkylation sites (tertiary alicyclic amines) is 1. The number of aryl methyl sites for hydroxylation is 1. The summed E-state index contributed by atoms with van der Waals surface area (Å²) in [5, 5.41) is 9.00. The van der Waals surface area contributed by atoms with E-state index in [4.69, 9.17) is 9.84 Å². The molecule has 0 unspecified atom stereocenters. The second kappa shape index (κ2) is 6.50. The van der Waals surface area contributed by atoms with Gasteiger partial charge in [-0.15, -0.1) is 11.3 Å². The highest BCUT2D eigenvalue weighted by Gasteiger charge is 2.20. The molecule has 1 N–H and O–H groups in total. The molecule has 1 aliphatic rings. The first-order chi connectivity index (χ1) is 9.10. The van der Waals surface area contributed by atoms with Crippen LogP contribution >= 0.6 is 11.3 Å². The maximum absolute atomic E-state index is 11.0. The Labute approximate surface area is 118 Å². The topological polar surface area (TPSA) is 49.8 Å². The normalized spacial score (nSPS) is 17.8. The smallest absolute Gasteiger partial charge is 0.345 e. The molecule has 106 valence electrons. The first-order valence-electron chi connectivity index (χ1n) is 6.76. The monoisotopic (exact) mass is 283 g/mol. The maximum Gasteiger partial charge on any atom is 0.345 e. The molecule has 1 fully saturated rings. The average Bonchev–Trinajstić information content (AvgIpc) is 2.74. The molecule has 0 amide bonds. The number of piperidine rings is 1. The number of aromatic carboxylic acids is 1. The third-order valence-corrected chi connectivity index (χ3v) is 4.64. The molecular formula is C14H21NO3S. The molecule has 0 aromatic carbocycles. The Kier molecular flexibility index (Phi) is 4.96. The van der Waals surface area contributed by atoms with Crippen molar-refractivity contribution < 1.29 is 14.6 Å². The van der Waals surface area contributed by atoms with Gasteiger partial charge in [0.2, 0.25) is 0 Å². The predicted octanol–water partition coefficient (Wildman–Crippen LogP) is 2.76. The van der Waals surface area contributed by atoms with Crippen molar-refractivity contribution in [1.82, 2.24) is 4.90 Å². The lowest BCUT2D eigenvalue weighted by molar-refractivity contribution is 0.0125. The van der Waals surface area contributed by atoms with Crippen molar-refractivity contribution in [2.24, 2.45) is 0 Å². The largest absolute Gasteiger partial charge is 0.477 e. The van der Waals surface area contributed by atoms with Crippen molar-refractivity contribution in [2.45, 2.75) is 39.3 Å². The van der Waals surface area contributed by atoms with E-state index in [1.807, 2.05) is 19.9 Å². The van der Waals surface area contributed by atoms with Crippen molar-refractivity contribution in [2.75, 3.05) is 19.7 Å². The van der Waals surface area contributed by atoms with Crippen LogP contribution < -0.4 is 0 Å². The molecule has 5 heteroatoms. The van der Waals surface area contributed by atoms with Gasteiger partial charge in [-0.3, -0.25) is 4.90 Å². The Hall–Kier alpha value is -0.910. The molecule has 1 aromatic heterocycles. The number of rotatable bonds is 5. The molecule has 19 heavy (non-hydrogen) atoms. The van der Waals surface area contributed by atoms with Gasteiger partial charge in [-0.25, -0.2) is 4.79 Å². The van der Waals surface area contributed by atoms with E-state index in [0.717, 1.165) is 49.5 Å². The zero-order valence-corrected chi connectivity index (χ0v) is 12.3. The summed E-state index contributed by atoms with van der Waals surface area (Å²) in [5.74, 6) is -0.825. The standard InChI is InChI=1S/C14H21NO3S/c1-3-18-12-4-6-15(7-5-12)9-11-8-13(14(16)17)19-10(11)2/h8,12H,3-7,9H2,1-2H3,(H,16,17). The highest BCUT2D eigenvalue weighted by molar-refractivity contribution is 7.14. The van der Waals surface area contributed by atoms with Gasteiger partial charge in [-0.05, 0) is 38.3 Å². The van der Waals surface area contributed by atoms with E-state index >= 15 is 0 Å². The van der Waals surface area contributed by atoms with Gasteiger partial charge >= 0.3 is 5.97 Å². The van der Waals surface area contributed by atoms with Crippen LogP contribution in [0.3, 0.4) is 0 Å². The third kappa shape index (κ3) is 3.78. The molecule has 1 saturated heterocycles. The van der Waals surface area contributed by atoms with Gasteiger partial charge in [0.25, 0.3) is 0 Å². The maximum atomic E-state index is 11.0. The molecule has 2 rings (SSSR count). The summed E-state index contributed by atoms with van der Waals surface area (Å²) in [6, 6.07) is 1.82. The summed E-state index contributed by atoms with van der Waals surface area (Å²) in [6.07, 6.45) is 2.55. The van der Waals surface area contributed by atoms with Crippen LogP contribution in [0.5, 0.6) is 0 Å². The Bertz CT molecular complexity index is 436. The van der Waals surface area contributed by atoms with E-state index in [2.05, 4.69) is 4.90 Å². The second-order valence-corrected chi connectivity index (χ2v) is 6.18. The second-order valence-electron chi connectivity index (χ2n) is 4.93. The Morgan fingerprint density at radius 2 is 2.21 bits per heavy atom. The molecular weight excluding hydrogens is 262 g/mol. The fraction of sp³-hybridized carbons (Fsp3) is 0.643. The van der Waals surface area contributed by atoms with Gasteiger partial charge < -0.3 is 9.84 Å². The first kappa shape index (κ1) is 14.5. The van der Waals surface area contributed by atoms with Gasteiger partial charge in [-0.2, -0.15) is 0 Å². The van der Waals surface area contributed by atoms with Gasteiger partial charge in [0.05, 0.1) is 6.10 Å². The van der Waals surface area contributed by atoms with Crippen molar-refractivity contribution in [3.05, 3.63) is 21.4 Å². The van der Waals surface area contributed by atoms with Crippen molar-refractivity contribution in [1.29, 1.82) is 0 Å². The van der Waals surface area contributed by atoms with E-state index in [1.54, 1.807) is 0 Å². The van der Waals surface area contributed by atoms with Crippen LogP contribution in [0.2, 0.25) is 0 Å². The number of thiophene rings is 1. The van der Waals surface area contributed by atoms with Crippen LogP contribution in [0.1, 0.15) is 39.9 Å². The first-order valence-corrected chi connectivity index (χ1v) is 7.58. The molecule has 0 atom stereocenters. The molecule has 0 saturated carbocycles. The minimum atomic E-state index is -0.825. The average molecular weight is 283 g/mol. The number of hydrogen-bond acceptors (Lipinski definition) is 4. The summed E-state index contributed by atoms with van der Waals surface area (Å²) in [4.78, 5) is 14.9. The molecule has 4 nitrogen and oxygen atoms in total. The molecule has 0 radical (unpaired) electrons. The minimum absolute atomic E-state index is 0.402. The summed E-state index contributed by atoms with van der Waals surface area (Å²) in [6.45, 7) is 7.74. The van der Waals surface area contributed by atoms with Gasteiger partial charge in [0.1, 0.15) is 4.88 Å². The van der Waals surface area contributed by atoms with Gasteiger partial charge in [0.15, 0.2) is 0 Å². The lowest BCUT2D eigenvalue weighted by Gasteiger charge is -2.31. The summed E-state index contributed by atoms with van der Waals surface area (Å²) < 4.78 is 5.64. The van der Waals surface area contributed by atoms with Crippen LogP contribution in [-0.2, 0) is 11.3 Å². The van der Waals surface area contributed by atoms with E-state index < -0.39 is 5.97 Å². The number of carboxylic acid groups (broad SMARTS) is 1. The lowest BCUT2D eigenvalue weighted by Crippen LogP contribution is -2.36. The quantitative estimate of drug-likeness (QED) is 0.902. The molecule has 1 aliphatic heterocycles. The zero-order valence-electron chi connectivity index (χ0n) is 11.5. The van der Waals surface area contributed by atoms with Gasteiger partial charge in [0, 0.05) is 31.1 Å². The summed E-state index contributed by atoms with van der Waals surface area (Å²) in [5.41, 5.74) is 1.15. The van der Waals surface area contributed by atoms with Crippen LogP contribution in [0.4, 0.5) is 0 Å². The van der Waals surface area contributed by atoms with E-state index in [9.17, 15) is 4.79 Å². The highest BCUT2D eigenvalue weighted by atomic mass is 32.1. The molecule has 2 heterocycles. The van der Waals surface area contributed by atoms with Crippen LogP contribution in [0, 0.1) is 6.92 Å². The zero-order chi connectivity index (χ0) is 13.8. The SMILES string of the molecule is CCOC1CCN(Cc2cc(C(=O)O)sc2C)CC1. The summed E-state index contributed by atoms with van der Waals surface area (Å²) >= 11 is 1.37. The number of nitrogens with zero attached hydrogens (tertiary/aromatic N) is 1. The molecule has 0 spiro atoms. The number of hydrogen-bond donors (Lipinski definition) is 1. The molecule has 0 aliphatic carbocycles. The number of carbonyl (C=O) groups is 1. The lowest BCUT2D eigenvalue weighted by atomic mass is 10.1. The van der Waals surface area contributed by atoms with Crippen molar-refractivity contribution in [3.8, 4) is 0 Å². The van der Waals surface area contributed by atoms with Crippen LogP contribution in [-0.4, -0.2) is 41.8 Å². The molecule has 0 bridgehead atoms. The van der Waals surface area contributed by atoms with E-state index in [0.29, 0.717) is 11.0 Å². The minimum Gasteiger partial charge on any atom is -0.477 e. The Morgan fingerprint density at radius 1 is 1.53 bits per heavy atom. The third-order valence-electron chi connectivity index (χ3n) is 3.56. The number of ether oxygens (including phenoxy) is 1.